The Morgan fingerprint density at radius 2 is 2.11 bits per heavy atom. The van der Waals surface area contributed by atoms with Crippen LogP contribution in [-0.4, -0.2) is 31.0 Å². The Kier molecular flexibility index (Phi) is 5.17. The predicted octanol–water partition coefficient (Wildman–Crippen LogP) is 2.47. The number of aliphatic carboxylic acids is 1. The smallest absolute Gasteiger partial charge is 0.404 e. The molecule has 1 aromatic carbocycles. The summed E-state index contributed by atoms with van der Waals surface area (Å²) in [5, 5.41) is 8.47. The number of carboxylic acids is 1. The molecule has 19 heavy (non-hydrogen) atoms. The van der Waals surface area contributed by atoms with Crippen molar-refractivity contribution < 1.29 is 32.5 Å². The first kappa shape index (κ1) is 15.3. The lowest BCUT2D eigenvalue weighted by Gasteiger charge is -2.16. The summed E-state index contributed by atoms with van der Waals surface area (Å²) < 4.78 is 46.8. The summed E-state index contributed by atoms with van der Waals surface area (Å²) in [6.07, 6.45) is -4.82. The van der Waals surface area contributed by atoms with E-state index in [1.165, 1.54) is 7.11 Å². The van der Waals surface area contributed by atoms with Gasteiger partial charge in [0.2, 0.25) is 0 Å². The third-order valence-corrected chi connectivity index (χ3v) is 2.38. The molecule has 0 fully saturated rings. The lowest BCUT2D eigenvalue weighted by atomic mass is 10.1. The van der Waals surface area contributed by atoms with Crippen LogP contribution in [0.2, 0.25) is 0 Å². The second kappa shape index (κ2) is 6.42. The van der Waals surface area contributed by atoms with Crippen LogP contribution in [0.5, 0.6) is 5.75 Å². The first-order chi connectivity index (χ1) is 8.84. The average molecular weight is 278 g/mol. The van der Waals surface area contributed by atoms with E-state index < -0.39 is 24.7 Å². The molecule has 1 rings (SSSR count). The van der Waals surface area contributed by atoms with Gasteiger partial charge in [-0.2, -0.15) is 13.2 Å². The summed E-state index contributed by atoms with van der Waals surface area (Å²) >= 11 is 0. The zero-order chi connectivity index (χ0) is 14.5. The monoisotopic (exact) mass is 278 g/mol. The lowest BCUT2D eigenvalue weighted by Crippen LogP contribution is -2.34. The number of ether oxygens (including phenoxy) is 2. The van der Waals surface area contributed by atoms with Crippen LogP contribution in [0.25, 0.3) is 0 Å². The SMILES string of the molecule is COc1cccc(COCC(C(=O)O)C(F)(F)F)c1. The molecule has 4 nitrogen and oxygen atoms in total. The maximum absolute atomic E-state index is 12.3. The summed E-state index contributed by atoms with van der Waals surface area (Å²) in [5.41, 5.74) is 0.602. The molecule has 0 aliphatic heterocycles. The fourth-order valence-corrected chi connectivity index (χ4v) is 1.36. The fraction of sp³-hybridized carbons (Fsp3) is 0.417. The van der Waals surface area contributed by atoms with E-state index in [0.717, 1.165) is 0 Å². The van der Waals surface area contributed by atoms with Crippen molar-refractivity contribution in [3.8, 4) is 5.75 Å². The second-order valence-corrected chi connectivity index (χ2v) is 3.80. The summed E-state index contributed by atoms with van der Waals surface area (Å²) in [5.74, 6) is -3.91. The van der Waals surface area contributed by atoms with Crippen molar-refractivity contribution >= 4 is 5.97 Å². The predicted molar refractivity (Wildman–Crippen MR) is 59.8 cm³/mol. The molecule has 0 amide bonds. The van der Waals surface area contributed by atoms with Gasteiger partial charge < -0.3 is 14.6 Å². The van der Waals surface area contributed by atoms with Crippen molar-refractivity contribution in [2.75, 3.05) is 13.7 Å². The molecule has 0 saturated heterocycles. The molecule has 7 heteroatoms. The van der Waals surface area contributed by atoms with Crippen LogP contribution in [0.3, 0.4) is 0 Å². The van der Waals surface area contributed by atoms with E-state index in [4.69, 9.17) is 14.6 Å². The van der Waals surface area contributed by atoms with Gasteiger partial charge in [0.1, 0.15) is 5.75 Å². The number of hydrogen-bond donors (Lipinski definition) is 1. The van der Waals surface area contributed by atoms with Crippen molar-refractivity contribution in [1.29, 1.82) is 0 Å². The van der Waals surface area contributed by atoms with Crippen LogP contribution in [0.4, 0.5) is 13.2 Å². The van der Waals surface area contributed by atoms with E-state index in [-0.39, 0.29) is 6.61 Å². The molecule has 0 aliphatic carbocycles. The van der Waals surface area contributed by atoms with Gasteiger partial charge in [0, 0.05) is 0 Å². The van der Waals surface area contributed by atoms with E-state index in [2.05, 4.69) is 0 Å². The van der Waals surface area contributed by atoms with Crippen molar-refractivity contribution in [2.24, 2.45) is 5.92 Å². The molecule has 1 N–H and O–H groups in total. The Bertz CT molecular complexity index is 431. The maximum Gasteiger partial charge on any atom is 0.404 e. The molecule has 0 radical (unpaired) electrons. The third-order valence-electron chi connectivity index (χ3n) is 2.38. The number of alkyl halides is 3. The molecule has 106 valence electrons. The minimum atomic E-state index is -4.82. The van der Waals surface area contributed by atoms with E-state index >= 15 is 0 Å². The highest BCUT2D eigenvalue weighted by atomic mass is 19.4. The molecule has 1 aromatic rings. The van der Waals surface area contributed by atoms with Crippen LogP contribution < -0.4 is 4.74 Å². The summed E-state index contributed by atoms with van der Waals surface area (Å²) in [7, 11) is 1.46. The molecule has 0 spiro atoms. The van der Waals surface area contributed by atoms with Gasteiger partial charge in [-0.05, 0) is 17.7 Å². The molecule has 0 saturated carbocycles. The number of methoxy groups -OCH3 is 1. The van der Waals surface area contributed by atoms with Crippen molar-refractivity contribution in [1.82, 2.24) is 0 Å². The highest BCUT2D eigenvalue weighted by molar-refractivity contribution is 5.71. The number of carbonyl (C=O) groups is 1. The minimum Gasteiger partial charge on any atom is -0.497 e. The van der Waals surface area contributed by atoms with Gasteiger partial charge >= 0.3 is 12.1 Å². The van der Waals surface area contributed by atoms with Crippen LogP contribution >= 0.6 is 0 Å². The topological polar surface area (TPSA) is 55.8 Å². The number of halogens is 3. The van der Waals surface area contributed by atoms with E-state index in [1.807, 2.05) is 0 Å². The largest absolute Gasteiger partial charge is 0.497 e. The zero-order valence-corrected chi connectivity index (χ0v) is 10.1. The fourth-order valence-electron chi connectivity index (χ4n) is 1.36. The summed E-state index contributed by atoms with van der Waals surface area (Å²) in [4.78, 5) is 10.5. The van der Waals surface area contributed by atoms with E-state index in [9.17, 15) is 18.0 Å². The van der Waals surface area contributed by atoms with Gasteiger partial charge in [-0.15, -0.1) is 0 Å². The van der Waals surface area contributed by atoms with Gasteiger partial charge in [0.25, 0.3) is 0 Å². The third kappa shape index (κ3) is 4.78. The highest BCUT2D eigenvalue weighted by Gasteiger charge is 2.45. The molecule has 1 unspecified atom stereocenters. The van der Waals surface area contributed by atoms with Gasteiger partial charge in [-0.25, -0.2) is 0 Å². The van der Waals surface area contributed by atoms with Crippen molar-refractivity contribution in [2.45, 2.75) is 12.8 Å². The maximum atomic E-state index is 12.3. The molecule has 0 aromatic heterocycles. The van der Waals surface area contributed by atoms with Gasteiger partial charge in [-0.1, -0.05) is 12.1 Å². The number of benzene rings is 1. The molecule has 1 atom stereocenters. The molecule has 0 heterocycles. The Labute approximate surface area is 107 Å². The van der Waals surface area contributed by atoms with Crippen LogP contribution in [-0.2, 0) is 16.1 Å². The molecule has 0 bridgehead atoms. The number of carboxylic acid groups (broad SMARTS) is 1. The van der Waals surface area contributed by atoms with Crippen LogP contribution in [0.1, 0.15) is 5.56 Å². The number of rotatable bonds is 6. The highest BCUT2D eigenvalue weighted by Crippen LogP contribution is 2.27. The quantitative estimate of drug-likeness (QED) is 0.868. The van der Waals surface area contributed by atoms with E-state index in [1.54, 1.807) is 24.3 Å². The zero-order valence-electron chi connectivity index (χ0n) is 10.1. The first-order valence-corrected chi connectivity index (χ1v) is 5.34. The lowest BCUT2D eigenvalue weighted by molar-refractivity contribution is -0.203. The van der Waals surface area contributed by atoms with Gasteiger partial charge in [-0.3, -0.25) is 4.79 Å². The van der Waals surface area contributed by atoms with Gasteiger partial charge in [0.15, 0.2) is 5.92 Å². The molecular weight excluding hydrogens is 265 g/mol. The Balaban J connectivity index is 2.54. The molecular formula is C12H13F3O4. The Morgan fingerprint density at radius 1 is 1.42 bits per heavy atom. The normalized spacial score (nSPS) is 13.1. The molecule has 0 aliphatic rings. The summed E-state index contributed by atoms with van der Waals surface area (Å²) in [6, 6.07) is 6.59. The van der Waals surface area contributed by atoms with Crippen LogP contribution in [0.15, 0.2) is 24.3 Å². The van der Waals surface area contributed by atoms with Crippen LogP contribution in [0, 0.1) is 5.92 Å². The Morgan fingerprint density at radius 3 is 2.63 bits per heavy atom. The first-order valence-electron chi connectivity index (χ1n) is 5.34. The second-order valence-electron chi connectivity index (χ2n) is 3.80. The average Bonchev–Trinajstić information content (AvgIpc) is 2.33. The number of hydrogen-bond acceptors (Lipinski definition) is 3. The van der Waals surface area contributed by atoms with Crippen molar-refractivity contribution in [3.05, 3.63) is 29.8 Å². The van der Waals surface area contributed by atoms with E-state index in [0.29, 0.717) is 11.3 Å². The van der Waals surface area contributed by atoms with Crippen molar-refractivity contribution in [3.63, 3.8) is 0 Å². The Hall–Kier alpha value is -1.76. The summed E-state index contributed by atoms with van der Waals surface area (Å²) in [6.45, 7) is -1.03. The standard InChI is InChI=1S/C12H13F3O4/c1-18-9-4-2-3-8(5-9)6-19-7-10(11(16)17)12(13,14)15/h2-5,10H,6-7H2,1H3,(H,16,17). The van der Waals surface area contributed by atoms with Gasteiger partial charge in [0.05, 0.1) is 20.3 Å². The minimum absolute atomic E-state index is 0.114.